The summed E-state index contributed by atoms with van der Waals surface area (Å²) in [5, 5.41) is 5.80. The first-order valence-electron chi connectivity index (χ1n) is 13.3. The Morgan fingerprint density at radius 2 is 1.12 bits per heavy atom. The Morgan fingerprint density at radius 1 is 0.659 bits per heavy atom. The molecule has 208 valence electrons. The molecule has 1 N–H and O–H groups in total. The molecule has 0 fully saturated rings. The van der Waals surface area contributed by atoms with Crippen LogP contribution in [0.15, 0.2) is 133 Å². The molecule has 0 aromatic heterocycles. The van der Waals surface area contributed by atoms with Gasteiger partial charge >= 0.3 is 12.1 Å². The highest BCUT2D eigenvalue weighted by atomic mass is 31.2. The van der Waals surface area contributed by atoms with Crippen LogP contribution in [0.3, 0.4) is 0 Å². The molecule has 0 saturated carbocycles. The molecular weight excluding hydrogens is 533 g/mol. The SMILES string of the molecule is CCOC(=O)/C=C/C(C(=O)CNC(=O)OCc1ccccc1)=P(c1ccccc1)(c1ccccc1)c1ccccc1. The number of carbonyl (C=O) groups is 3. The van der Waals surface area contributed by atoms with Crippen molar-refractivity contribution >= 4 is 45.9 Å². The minimum Gasteiger partial charge on any atom is -0.463 e. The first kappa shape index (κ1) is 29.3. The summed E-state index contributed by atoms with van der Waals surface area (Å²) in [6.45, 7) is -1.14. The molecule has 0 atom stereocenters. The lowest BCUT2D eigenvalue weighted by Gasteiger charge is -2.31. The lowest BCUT2D eigenvalue weighted by molar-refractivity contribution is -0.137. The summed E-state index contributed by atoms with van der Waals surface area (Å²) in [5.41, 5.74) is 0.834. The second-order valence-electron chi connectivity index (χ2n) is 8.99. The number of carbonyl (C=O) groups excluding carboxylic acids is 3. The standard InChI is InChI=1S/C34H32NO5P/c1-2-39-33(37)24-23-32(31(36)25-35-34(38)40-26-27-15-7-3-8-16-27)41(28-17-9-4-10-18-28,29-19-11-5-12-20-29)30-21-13-6-14-22-30/h3-24H,2,25-26H2,1H3,(H,35,38)/b24-23+. The Bertz CT molecular complexity index is 1430. The number of esters is 1. The molecule has 0 spiro atoms. The fourth-order valence-corrected chi connectivity index (χ4v) is 8.90. The van der Waals surface area contributed by atoms with E-state index in [2.05, 4.69) is 5.32 Å². The van der Waals surface area contributed by atoms with Crippen LogP contribution in [0.2, 0.25) is 0 Å². The van der Waals surface area contributed by atoms with Crippen LogP contribution in [0.25, 0.3) is 0 Å². The molecule has 1 amide bonds. The minimum absolute atomic E-state index is 0.0786. The summed E-state index contributed by atoms with van der Waals surface area (Å²) in [5.74, 6) is -0.896. The summed E-state index contributed by atoms with van der Waals surface area (Å²) in [6, 6.07) is 38.7. The summed E-state index contributed by atoms with van der Waals surface area (Å²) in [4.78, 5) is 39.2. The van der Waals surface area contributed by atoms with Crippen molar-refractivity contribution in [3.63, 3.8) is 0 Å². The number of nitrogens with one attached hydrogen (secondary N) is 1. The number of alkyl carbamates (subject to hydrolysis) is 1. The van der Waals surface area contributed by atoms with E-state index < -0.39 is 18.9 Å². The van der Waals surface area contributed by atoms with Crippen LogP contribution in [0.5, 0.6) is 0 Å². The summed E-state index contributed by atoms with van der Waals surface area (Å²) in [6.07, 6.45) is 2.13. The highest BCUT2D eigenvalue weighted by Crippen LogP contribution is 2.46. The van der Waals surface area contributed by atoms with Crippen molar-refractivity contribution in [3.05, 3.63) is 139 Å². The van der Waals surface area contributed by atoms with Crippen LogP contribution in [-0.4, -0.2) is 36.3 Å². The maximum absolute atomic E-state index is 14.2. The molecule has 4 aromatic rings. The van der Waals surface area contributed by atoms with Gasteiger partial charge in [0.05, 0.1) is 13.2 Å². The Labute approximate surface area is 240 Å². The molecule has 7 heteroatoms. The van der Waals surface area contributed by atoms with Crippen molar-refractivity contribution in [3.8, 4) is 0 Å². The zero-order valence-corrected chi connectivity index (χ0v) is 23.7. The normalized spacial score (nSPS) is 11.0. The van der Waals surface area contributed by atoms with Crippen LogP contribution < -0.4 is 21.2 Å². The number of amides is 1. The van der Waals surface area contributed by atoms with E-state index in [4.69, 9.17) is 9.47 Å². The van der Waals surface area contributed by atoms with Gasteiger partial charge in [-0.1, -0.05) is 121 Å². The molecule has 0 radical (unpaired) electrons. The summed E-state index contributed by atoms with van der Waals surface area (Å²) < 4.78 is 10.5. The maximum atomic E-state index is 14.2. The summed E-state index contributed by atoms with van der Waals surface area (Å²) >= 11 is 0. The number of benzene rings is 4. The minimum atomic E-state index is -2.84. The van der Waals surface area contributed by atoms with Crippen molar-refractivity contribution in [2.75, 3.05) is 13.2 Å². The molecular formula is C34H32NO5P. The van der Waals surface area contributed by atoms with Gasteiger partial charge in [0.1, 0.15) is 6.61 Å². The number of rotatable bonds is 11. The van der Waals surface area contributed by atoms with Crippen molar-refractivity contribution in [2.24, 2.45) is 0 Å². The Hall–Kier alpha value is -4.67. The van der Waals surface area contributed by atoms with E-state index in [-0.39, 0.29) is 25.5 Å². The smallest absolute Gasteiger partial charge is 0.407 e. The van der Waals surface area contributed by atoms with Crippen LogP contribution in [0.4, 0.5) is 4.79 Å². The first-order chi connectivity index (χ1) is 20.1. The average Bonchev–Trinajstić information content (AvgIpc) is 3.03. The number of hydrogen-bond donors (Lipinski definition) is 1. The zero-order chi connectivity index (χ0) is 28.9. The predicted molar refractivity (Wildman–Crippen MR) is 166 cm³/mol. The monoisotopic (exact) mass is 565 g/mol. The van der Waals surface area contributed by atoms with Gasteiger partial charge in [0.15, 0.2) is 5.78 Å². The number of ketones is 1. The van der Waals surface area contributed by atoms with Crippen LogP contribution in [-0.2, 0) is 25.7 Å². The molecule has 0 bridgehead atoms. The molecule has 4 aromatic carbocycles. The molecule has 0 saturated heterocycles. The van der Waals surface area contributed by atoms with Crippen molar-refractivity contribution in [1.29, 1.82) is 0 Å². The third-order valence-corrected chi connectivity index (χ3v) is 10.7. The number of Topliss-reactive ketones (excluding diaryl/α,β-unsaturated/α-hetero) is 1. The average molecular weight is 566 g/mol. The van der Waals surface area contributed by atoms with Crippen LogP contribution >= 0.6 is 6.89 Å². The van der Waals surface area contributed by atoms with Gasteiger partial charge in [-0.25, -0.2) is 9.59 Å². The van der Waals surface area contributed by atoms with Crippen molar-refractivity contribution in [1.82, 2.24) is 5.32 Å². The van der Waals surface area contributed by atoms with Gasteiger partial charge in [-0.3, -0.25) is 4.79 Å². The third-order valence-electron chi connectivity index (χ3n) is 6.35. The molecule has 4 rings (SSSR count). The van der Waals surface area contributed by atoms with E-state index in [0.717, 1.165) is 21.5 Å². The van der Waals surface area contributed by atoms with E-state index in [9.17, 15) is 14.4 Å². The number of hydrogen-bond acceptors (Lipinski definition) is 5. The molecule has 0 aliphatic rings. The zero-order valence-electron chi connectivity index (χ0n) is 22.8. The second-order valence-corrected chi connectivity index (χ2v) is 12.4. The first-order valence-corrected chi connectivity index (χ1v) is 15.1. The summed E-state index contributed by atoms with van der Waals surface area (Å²) in [7, 11) is 0. The molecule has 0 unspecified atom stereocenters. The fourth-order valence-electron chi connectivity index (χ4n) is 4.57. The highest BCUT2D eigenvalue weighted by molar-refractivity contribution is 7.96. The topological polar surface area (TPSA) is 81.7 Å². The molecule has 41 heavy (non-hydrogen) atoms. The Kier molecular flexibility index (Phi) is 10.5. The van der Waals surface area contributed by atoms with Crippen molar-refractivity contribution in [2.45, 2.75) is 13.5 Å². The second kappa shape index (κ2) is 14.6. The number of allylic oxidation sites excluding steroid dienone is 1. The fraction of sp³-hybridized carbons (Fsp3) is 0.118. The van der Waals surface area contributed by atoms with E-state index in [1.165, 1.54) is 6.08 Å². The molecule has 0 aliphatic carbocycles. The Morgan fingerprint density at radius 3 is 1.59 bits per heavy atom. The number of ether oxygens (including phenoxy) is 2. The largest absolute Gasteiger partial charge is 0.463 e. The quantitative estimate of drug-likeness (QED) is 0.161. The van der Waals surface area contributed by atoms with Gasteiger partial charge in [-0.2, -0.15) is 0 Å². The lowest BCUT2D eigenvalue weighted by Crippen LogP contribution is -2.38. The van der Waals surface area contributed by atoms with Gasteiger partial charge in [0.25, 0.3) is 0 Å². The molecule has 0 aliphatic heterocycles. The highest BCUT2D eigenvalue weighted by Gasteiger charge is 2.32. The van der Waals surface area contributed by atoms with Crippen molar-refractivity contribution < 1.29 is 23.9 Å². The van der Waals surface area contributed by atoms with Gasteiger partial charge in [0, 0.05) is 11.4 Å². The third kappa shape index (κ3) is 7.30. The van der Waals surface area contributed by atoms with E-state index in [1.807, 2.05) is 121 Å². The maximum Gasteiger partial charge on any atom is 0.407 e. The van der Waals surface area contributed by atoms with Gasteiger partial charge in [0.2, 0.25) is 0 Å². The van der Waals surface area contributed by atoms with Gasteiger partial charge < -0.3 is 14.8 Å². The van der Waals surface area contributed by atoms with E-state index >= 15 is 0 Å². The predicted octanol–water partition coefficient (Wildman–Crippen LogP) is 4.77. The Balaban J connectivity index is 1.86. The van der Waals surface area contributed by atoms with E-state index in [1.54, 1.807) is 13.0 Å². The molecule has 6 nitrogen and oxygen atoms in total. The molecule has 0 heterocycles. The van der Waals surface area contributed by atoms with E-state index in [0.29, 0.717) is 5.29 Å². The lowest BCUT2D eigenvalue weighted by atomic mass is 10.2. The van der Waals surface area contributed by atoms with Crippen LogP contribution in [0, 0.1) is 0 Å². The van der Waals surface area contributed by atoms with Gasteiger partial charge in [-0.15, -0.1) is 0 Å². The van der Waals surface area contributed by atoms with Gasteiger partial charge in [-0.05, 0) is 41.4 Å². The van der Waals surface area contributed by atoms with Crippen LogP contribution in [0.1, 0.15) is 12.5 Å².